The summed E-state index contributed by atoms with van der Waals surface area (Å²) in [5.41, 5.74) is 8.24. The lowest BCUT2D eigenvalue weighted by molar-refractivity contribution is -0.144. The molecule has 0 aromatic carbocycles. The highest BCUT2D eigenvalue weighted by Gasteiger charge is 2.28. The van der Waals surface area contributed by atoms with Crippen molar-refractivity contribution in [1.29, 1.82) is 0 Å². The predicted molar refractivity (Wildman–Crippen MR) is 120 cm³/mol. The number of hydrogen-bond donors (Lipinski definition) is 3. The fourth-order valence-electron chi connectivity index (χ4n) is 3.17. The second kappa shape index (κ2) is 9.66. The number of rotatable bonds is 6. The van der Waals surface area contributed by atoms with E-state index in [9.17, 15) is 9.59 Å². The van der Waals surface area contributed by atoms with Crippen LogP contribution in [0.1, 0.15) is 32.5 Å². The van der Waals surface area contributed by atoms with Crippen LogP contribution in [0.2, 0.25) is 0 Å². The van der Waals surface area contributed by atoms with E-state index in [4.69, 9.17) is 5.73 Å². The molecule has 0 aliphatic heterocycles. The second-order valence-corrected chi connectivity index (χ2v) is 6.90. The van der Waals surface area contributed by atoms with Gasteiger partial charge in [0.2, 0.25) is 0 Å². The number of anilines is 2. The summed E-state index contributed by atoms with van der Waals surface area (Å²) in [6.45, 7) is 5.88. The minimum Gasteiger partial charge on any atom is -0.383 e. The summed E-state index contributed by atoms with van der Waals surface area (Å²) in [4.78, 5) is 36.0. The third-order valence-electron chi connectivity index (χ3n) is 4.91. The average Bonchev–Trinajstić information content (AvgIpc) is 3.29. The normalized spacial score (nSPS) is 12.8. The Morgan fingerprint density at radius 1 is 1.26 bits per heavy atom. The Hall–Kier alpha value is -4.01. The van der Waals surface area contributed by atoms with Gasteiger partial charge in [-0.1, -0.05) is 24.3 Å². The van der Waals surface area contributed by atoms with Crippen LogP contribution < -0.4 is 11.1 Å². The summed E-state index contributed by atoms with van der Waals surface area (Å²) in [6.07, 6.45) is 10.3. The first-order chi connectivity index (χ1) is 15.0. The number of nitrogens with one attached hydrogen (secondary N) is 2. The summed E-state index contributed by atoms with van der Waals surface area (Å²) in [7, 11) is 0. The maximum atomic E-state index is 13.2. The van der Waals surface area contributed by atoms with Gasteiger partial charge in [0.15, 0.2) is 0 Å². The van der Waals surface area contributed by atoms with Crippen molar-refractivity contribution in [2.75, 3.05) is 17.6 Å². The molecule has 2 amide bonds. The van der Waals surface area contributed by atoms with Crippen molar-refractivity contribution in [3.8, 4) is 0 Å². The van der Waals surface area contributed by atoms with Crippen LogP contribution in [-0.4, -0.2) is 43.4 Å². The molecule has 0 radical (unpaired) electrons. The molecular formula is C22H25N7O2. The van der Waals surface area contributed by atoms with E-state index >= 15 is 0 Å². The topological polar surface area (TPSA) is 130 Å². The van der Waals surface area contributed by atoms with E-state index in [1.807, 2.05) is 51.1 Å². The molecular weight excluding hydrogens is 394 g/mol. The molecule has 0 aliphatic rings. The van der Waals surface area contributed by atoms with Crippen LogP contribution in [0.4, 0.5) is 11.5 Å². The molecule has 3 aromatic heterocycles. The molecule has 3 rings (SSSR count). The first-order valence-electron chi connectivity index (χ1n) is 9.84. The number of allylic oxidation sites excluding steroid dienone is 2. The van der Waals surface area contributed by atoms with Crippen LogP contribution in [0.3, 0.4) is 0 Å². The SMILES string of the molecule is C/C=C\C(=C/C)CN(C(=O)C(=O)Nc1cnc(N)c2cn[nH]c12)C(C)c1ccccn1. The number of hydrogen-bond acceptors (Lipinski definition) is 6. The van der Waals surface area contributed by atoms with Crippen LogP contribution in [0.15, 0.2) is 60.6 Å². The number of nitrogens with two attached hydrogens (primary N) is 1. The van der Waals surface area contributed by atoms with Gasteiger partial charge in [0, 0.05) is 12.7 Å². The third-order valence-corrected chi connectivity index (χ3v) is 4.91. The summed E-state index contributed by atoms with van der Waals surface area (Å²) in [5.74, 6) is -1.20. The molecule has 9 nitrogen and oxygen atoms in total. The quantitative estimate of drug-likeness (QED) is 0.416. The van der Waals surface area contributed by atoms with Crippen molar-refractivity contribution in [3.05, 3.63) is 66.3 Å². The highest BCUT2D eigenvalue weighted by Crippen LogP contribution is 2.25. The van der Waals surface area contributed by atoms with E-state index in [2.05, 4.69) is 25.5 Å². The average molecular weight is 419 g/mol. The first-order valence-corrected chi connectivity index (χ1v) is 9.84. The van der Waals surface area contributed by atoms with Gasteiger partial charge < -0.3 is 16.0 Å². The van der Waals surface area contributed by atoms with Crippen LogP contribution in [-0.2, 0) is 9.59 Å². The Balaban J connectivity index is 1.89. The van der Waals surface area contributed by atoms with Crippen molar-refractivity contribution in [2.45, 2.75) is 26.8 Å². The number of nitrogens with zero attached hydrogens (tertiary/aromatic N) is 4. The summed E-state index contributed by atoms with van der Waals surface area (Å²) >= 11 is 0. The lowest BCUT2D eigenvalue weighted by Crippen LogP contribution is -2.42. The maximum absolute atomic E-state index is 13.2. The summed E-state index contributed by atoms with van der Waals surface area (Å²) in [6, 6.07) is 5.05. The zero-order valence-corrected chi connectivity index (χ0v) is 17.7. The molecule has 0 bridgehead atoms. The summed E-state index contributed by atoms with van der Waals surface area (Å²) < 4.78 is 0. The van der Waals surface area contributed by atoms with Crippen LogP contribution in [0.25, 0.3) is 10.9 Å². The molecule has 1 atom stereocenters. The van der Waals surface area contributed by atoms with Gasteiger partial charge in [-0.05, 0) is 38.5 Å². The molecule has 1 unspecified atom stereocenters. The van der Waals surface area contributed by atoms with Crippen molar-refractivity contribution in [1.82, 2.24) is 25.1 Å². The number of aromatic amines is 1. The Kier molecular flexibility index (Phi) is 6.76. The van der Waals surface area contributed by atoms with Crippen LogP contribution >= 0.6 is 0 Å². The number of pyridine rings is 2. The minimum atomic E-state index is -0.791. The van der Waals surface area contributed by atoms with E-state index in [1.165, 1.54) is 17.3 Å². The van der Waals surface area contributed by atoms with Gasteiger partial charge in [-0.25, -0.2) is 4.98 Å². The number of fused-ring (bicyclic) bond motifs is 1. The molecule has 0 fully saturated rings. The van der Waals surface area contributed by atoms with Crippen molar-refractivity contribution >= 4 is 34.2 Å². The molecule has 0 saturated heterocycles. The van der Waals surface area contributed by atoms with Crippen molar-refractivity contribution < 1.29 is 9.59 Å². The molecule has 0 aliphatic carbocycles. The van der Waals surface area contributed by atoms with Crippen LogP contribution in [0, 0.1) is 0 Å². The fourth-order valence-corrected chi connectivity index (χ4v) is 3.17. The van der Waals surface area contributed by atoms with Gasteiger partial charge in [0.05, 0.1) is 40.7 Å². The van der Waals surface area contributed by atoms with Gasteiger partial charge in [-0.2, -0.15) is 5.10 Å². The van der Waals surface area contributed by atoms with Gasteiger partial charge in [0.25, 0.3) is 0 Å². The van der Waals surface area contributed by atoms with Crippen LogP contribution in [0.5, 0.6) is 0 Å². The Labute approximate surface area is 180 Å². The third kappa shape index (κ3) is 4.77. The van der Waals surface area contributed by atoms with E-state index in [0.29, 0.717) is 22.3 Å². The van der Waals surface area contributed by atoms with E-state index < -0.39 is 17.9 Å². The smallest absolute Gasteiger partial charge is 0.314 e. The predicted octanol–water partition coefficient (Wildman–Crippen LogP) is 2.99. The Bertz CT molecular complexity index is 1140. The number of amides is 2. The molecule has 31 heavy (non-hydrogen) atoms. The lowest BCUT2D eigenvalue weighted by atomic mass is 10.1. The van der Waals surface area contributed by atoms with E-state index in [-0.39, 0.29) is 12.4 Å². The van der Waals surface area contributed by atoms with Gasteiger partial charge >= 0.3 is 11.8 Å². The molecule has 0 saturated carbocycles. The number of carbonyl (C=O) groups is 2. The zero-order valence-electron chi connectivity index (χ0n) is 17.7. The zero-order chi connectivity index (χ0) is 22.4. The largest absolute Gasteiger partial charge is 0.383 e. The Morgan fingerprint density at radius 2 is 2.06 bits per heavy atom. The highest BCUT2D eigenvalue weighted by molar-refractivity contribution is 6.40. The van der Waals surface area contributed by atoms with Crippen molar-refractivity contribution in [3.63, 3.8) is 0 Å². The minimum absolute atomic E-state index is 0.254. The monoisotopic (exact) mass is 419 g/mol. The van der Waals surface area contributed by atoms with Gasteiger partial charge in [-0.3, -0.25) is 19.7 Å². The highest BCUT2D eigenvalue weighted by atomic mass is 16.2. The molecule has 4 N–H and O–H groups in total. The summed E-state index contributed by atoms with van der Waals surface area (Å²) in [5, 5.41) is 9.90. The molecule has 160 valence electrons. The molecule has 0 spiro atoms. The van der Waals surface area contributed by atoms with Gasteiger partial charge in [0.1, 0.15) is 5.82 Å². The number of nitrogen functional groups attached to an aromatic ring is 1. The maximum Gasteiger partial charge on any atom is 0.314 e. The number of aromatic nitrogens is 4. The van der Waals surface area contributed by atoms with Crippen molar-refractivity contribution in [2.24, 2.45) is 0 Å². The first kappa shape index (κ1) is 21.7. The molecule has 9 heteroatoms. The van der Waals surface area contributed by atoms with Gasteiger partial charge in [-0.15, -0.1) is 0 Å². The lowest BCUT2D eigenvalue weighted by Gasteiger charge is -2.29. The fraction of sp³-hybridized carbons (Fsp3) is 0.227. The second-order valence-electron chi connectivity index (χ2n) is 6.90. The number of carbonyl (C=O) groups excluding carboxylic acids is 2. The molecule has 3 heterocycles. The molecule has 3 aromatic rings. The Morgan fingerprint density at radius 3 is 2.74 bits per heavy atom. The number of H-pyrrole nitrogens is 1. The standard InChI is InChI=1S/C22H25N7O2/c1-4-8-15(5-2)13-29(14(3)17-9-6-7-10-24-17)22(31)21(30)27-18-12-25-20(23)16-11-26-28-19(16)18/h4-12,14H,13H2,1-3H3,(H2,23,25)(H,26,28)(H,27,30)/b8-4-,15-5+. The van der Waals surface area contributed by atoms with E-state index in [1.54, 1.807) is 12.3 Å². The van der Waals surface area contributed by atoms with E-state index in [0.717, 1.165) is 5.57 Å².